The zero-order valence-electron chi connectivity index (χ0n) is 16.8. The minimum atomic E-state index is -4.04. The SMILES string of the molecule is COc1ccc(S(=O)(=O)N(CC(=O)NCCCN(C)C)c2ccc(F)cc2)cc1. The van der Waals surface area contributed by atoms with E-state index in [4.69, 9.17) is 4.74 Å². The lowest BCUT2D eigenvalue weighted by Crippen LogP contribution is -2.41. The molecule has 0 aliphatic carbocycles. The number of carbonyl (C=O) groups excluding carboxylic acids is 1. The van der Waals surface area contributed by atoms with Crippen molar-refractivity contribution in [2.24, 2.45) is 0 Å². The van der Waals surface area contributed by atoms with Crippen molar-refractivity contribution < 1.29 is 22.3 Å². The Hall–Kier alpha value is -2.65. The summed E-state index contributed by atoms with van der Waals surface area (Å²) in [6, 6.07) is 10.8. The molecule has 0 aromatic heterocycles. The van der Waals surface area contributed by atoms with E-state index in [1.807, 2.05) is 19.0 Å². The number of hydrogen-bond donors (Lipinski definition) is 1. The van der Waals surface area contributed by atoms with Gasteiger partial charge in [0.2, 0.25) is 5.91 Å². The standard InChI is InChI=1S/C20H26FN3O4S/c1-23(2)14-4-13-22-20(25)15-24(17-7-5-16(21)6-8-17)29(26,27)19-11-9-18(28-3)10-12-19/h5-12H,4,13-15H2,1-3H3,(H,22,25). The maximum absolute atomic E-state index is 13.3. The van der Waals surface area contributed by atoms with Crippen molar-refractivity contribution in [3.8, 4) is 5.75 Å². The molecule has 0 aliphatic rings. The van der Waals surface area contributed by atoms with Gasteiger partial charge in [0.25, 0.3) is 10.0 Å². The molecule has 1 N–H and O–H groups in total. The molecule has 0 aliphatic heterocycles. The first-order valence-electron chi connectivity index (χ1n) is 9.08. The third-order valence-corrected chi connectivity index (χ3v) is 5.94. The number of benzene rings is 2. The van der Waals surface area contributed by atoms with Gasteiger partial charge >= 0.3 is 0 Å². The molecule has 2 aromatic rings. The van der Waals surface area contributed by atoms with Crippen LogP contribution in [0.4, 0.5) is 10.1 Å². The van der Waals surface area contributed by atoms with Gasteiger partial charge in [0.05, 0.1) is 17.7 Å². The van der Waals surface area contributed by atoms with Crippen molar-refractivity contribution in [2.45, 2.75) is 11.3 Å². The molecule has 29 heavy (non-hydrogen) atoms. The Morgan fingerprint density at radius 3 is 2.24 bits per heavy atom. The second kappa shape index (κ2) is 10.2. The van der Waals surface area contributed by atoms with E-state index in [-0.39, 0.29) is 10.6 Å². The van der Waals surface area contributed by atoms with Gasteiger partial charge in [-0.15, -0.1) is 0 Å². The maximum Gasteiger partial charge on any atom is 0.264 e. The Morgan fingerprint density at radius 1 is 1.07 bits per heavy atom. The highest BCUT2D eigenvalue weighted by molar-refractivity contribution is 7.92. The van der Waals surface area contributed by atoms with Crippen LogP contribution in [0.5, 0.6) is 5.75 Å². The van der Waals surface area contributed by atoms with Gasteiger partial charge in [0.1, 0.15) is 18.1 Å². The highest BCUT2D eigenvalue weighted by Crippen LogP contribution is 2.25. The third-order valence-electron chi connectivity index (χ3n) is 4.15. The first-order chi connectivity index (χ1) is 13.7. The summed E-state index contributed by atoms with van der Waals surface area (Å²) in [6.45, 7) is 0.810. The number of sulfonamides is 1. The van der Waals surface area contributed by atoms with Gasteiger partial charge in [0.15, 0.2) is 0 Å². The van der Waals surface area contributed by atoms with E-state index < -0.39 is 28.3 Å². The highest BCUT2D eigenvalue weighted by atomic mass is 32.2. The van der Waals surface area contributed by atoms with Crippen molar-refractivity contribution in [1.82, 2.24) is 10.2 Å². The van der Waals surface area contributed by atoms with Crippen molar-refractivity contribution in [3.63, 3.8) is 0 Å². The second-order valence-electron chi connectivity index (χ2n) is 6.67. The quantitative estimate of drug-likeness (QED) is 0.592. The number of halogens is 1. The van der Waals surface area contributed by atoms with Crippen molar-refractivity contribution in [1.29, 1.82) is 0 Å². The molecule has 0 saturated heterocycles. The number of ether oxygens (including phenoxy) is 1. The van der Waals surface area contributed by atoms with Crippen LogP contribution < -0.4 is 14.4 Å². The number of nitrogens with one attached hydrogen (secondary N) is 1. The Balaban J connectivity index is 2.24. The molecular weight excluding hydrogens is 397 g/mol. The first-order valence-corrected chi connectivity index (χ1v) is 10.5. The van der Waals surface area contributed by atoms with E-state index in [1.54, 1.807) is 0 Å². The van der Waals surface area contributed by atoms with E-state index in [0.717, 1.165) is 29.4 Å². The van der Waals surface area contributed by atoms with Crippen molar-refractivity contribution >= 4 is 21.6 Å². The van der Waals surface area contributed by atoms with Crippen molar-refractivity contribution in [3.05, 3.63) is 54.3 Å². The van der Waals surface area contributed by atoms with E-state index in [0.29, 0.717) is 12.3 Å². The summed E-state index contributed by atoms with van der Waals surface area (Å²) in [5.74, 6) is -0.426. The molecule has 2 rings (SSSR count). The van der Waals surface area contributed by atoms with Gasteiger partial charge in [-0.05, 0) is 75.6 Å². The van der Waals surface area contributed by atoms with Crippen LogP contribution in [0.25, 0.3) is 0 Å². The molecule has 0 atom stereocenters. The molecule has 9 heteroatoms. The predicted molar refractivity (Wildman–Crippen MR) is 110 cm³/mol. The molecule has 0 radical (unpaired) electrons. The molecule has 0 saturated carbocycles. The lowest BCUT2D eigenvalue weighted by Gasteiger charge is -2.24. The second-order valence-corrected chi connectivity index (χ2v) is 8.53. The predicted octanol–water partition coefficient (Wildman–Crippen LogP) is 2.10. The Labute approximate surface area is 171 Å². The van der Waals surface area contributed by atoms with Crippen LogP contribution in [0, 0.1) is 5.82 Å². The van der Waals surface area contributed by atoms with Gasteiger partial charge in [-0.3, -0.25) is 9.10 Å². The Morgan fingerprint density at radius 2 is 1.69 bits per heavy atom. The van der Waals surface area contributed by atoms with Gasteiger partial charge in [-0.1, -0.05) is 0 Å². The first kappa shape index (κ1) is 22.6. The Kier molecular flexibility index (Phi) is 7.98. The van der Waals surface area contributed by atoms with Crippen LogP contribution in [0.15, 0.2) is 53.4 Å². The number of rotatable bonds is 10. The summed E-state index contributed by atoms with van der Waals surface area (Å²) in [6.07, 6.45) is 0.737. The topological polar surface area (TPSA) is 79.0 Å². The average Bonchev–Trinajstić information content (AvgIpc) is 2.70. The van der Waals surface area contributed by atoms with Crippen LogP contribution >= 0.6 is 0 Å². The smallest absolute Gasteiger partial charge is 0.264 e. The normalized spacial score (nSPS) is 11.3. The number of hydrogen-bond acceptors (Lipinski definition) is 5. The lowest BCUT2D eigenvalue weighted by atomic mass is 10.3. The van der Waals surface area contributed by atoms with Crippen LogP contribution in [0.2, 0.25) is 0 Å². The van der Waals surface area contributed by atoms with E-state index >= 15 is 0 Å². The molecular formula is C20H26FN3O4S. The van der Waals surface area contributed by atoms with Gasteiger partial charge in [-0.2, -0.15) is 0 Å². The summed E-state index contributed by atoms with van der Waals surface area (Å²) in [5, 5.41) is 2.73. The zero-order valence-corrected chi connectivity index (χ0v) is 17.6. The van der Waals surface area contributed by atoms with Crippen LogP contribution in [0.3, 0.4) is 0 Å². The van der Waals surface area contributed by atoms with Gasteiger partial charge in [0, 0.05) is 6.54 Å². The lowest BCUT2D eigenvalue weighted by molar-refractivity contribution is -0.119. The molecule has 0 fully saturated rings. The molecule has 0 heterocycles. The molecule has 2 aromatic carbocycles. The third kappa shape index (κ3) is 6.43. The largest absolute Gasteiger partial charge is 0.497 e. The fourth-order valence-electron chi connectivity index (χ4n) is 2.61. The Bertz CT molecular complexity index is 900. The fourth-order valence-corrected chi connectivity index (χ4v) is 4.03. The number of amides is 1. The fraction of sp³-hybridized carbons (Fsp3) is 0.350. The number of anilines is 1. The zero-order chi connectivity index (χ0) is 21.4. The van der Waals surface area contributed by atoms with E-state index in [9.17, 15) is 17.6 Å². The van der Waals surface area contributed by atoms with Crippen LogP contribution in [0.1, 0.15) is 6.42 Å². The monoisotopic (exact) mass is 423 g/mol. The highest BCUT2D eigenvalue weighted by Gasteiger charge is 2.27. The summed E-state index contributed by atoms with van der Waals surface area (Å²) in [4.78, 5) is 14.4. The van der Waals surface area contributed by atoms with Gasteiger partial charge in [-0.25, -0.2) is 12.8 Å². The summed E-state index contributed by atoms with van der Waals surface area (Å²) in [5.41, 5.74) is 0.200. The summed E-state index contributed by atoms with van der Waals surface area (Å²) >= 11 is 0. The molecule has 7 nitrogen and oxygen atoms in total. The minimum absolute atomic E-state index is 0.00281. The molecule has 0 spiro atoms. The van der Waals surface area contributed by atoms with E-state index in [1.165, 1.54) is 43.5 Å². The van der Waals surface area contributed by atoms with E-state index in [2.05, 4.69) is 5.32 Å². The summed E-state index contributed by atoms with van der Waals surface area (Å²) < 4.78 is 45.7. The minimum Gasteiger partial charge on any atom is -0.497 e. The molecule has 0 bridgehead atoms. The van der Waals surface area contributed by atoms with Crippen molar-refractivity contribution in [2.75, 3.05) is 45.1 Å². The van der Waals surface area contributed by atoms with Crippen LogP contribution in [-0.2, 0) is 14.8 Å². The number of methoxy groups -OCH3 is 1. The number of nitrogens with zero attached hydrogens (tertiary/aromatic N) is 2. The van der Waals surface area contributed by atoms with Gasteiger partial charge < -0.3 is 15.0 Å². The average molecular weight is 424 g/mol. The number of carbonyl (C=O) groups is 1. The molecule has 1 amide bonds. The molecule has 158 valence electrons. The maximum atomic E-state index is 13.3. The van der Waals surface area contributed by atoms with Crippen LogP contribution in [-0.4, -0.2) is 60.1 Å². The summed E-state index contributed by atoms with van der Waals surface area (Å²) in [7, 11) is 1.30. The molecule has 0 unspecified atom stereocenters.